The van der Waals surface area contributed by atoms with E-state index in [1.54, 1.807) is 30.3 Å². The lowest BCUT2D eigenvalue weighted by Crippen LogP contribution is -2.36. The number of amides is 3. The standard InChI is InChI=1S/C21H22ClN3O3/c22-18-8-4-6-16(12-18)20(27)24-14-19(26)23-13-15-5-3-7-17(11-15)21(28)25-9-1-2-10-25/h3-8,11-12H,1-2,9-10,13-14H2,(H,23,26)(H,24,27). The van der Waals surface area contributed by atoms with E-state index in [0.29, 0.717) is 16.1 Å². The van der Waals surface area contributed by atoms with Gasteiger partial charge in [0.15, 0.2) is 0 Å². The van der Waals surface area contributed by atoms with Gasteiger partial charge in [-0.2, -0.15) is 0 Å². The van der Waals surface area contributed by atoms with Crippen LogP contribution >= 0.6 is 11.6 Å². The Morgan fingerprint density at radius 1 is 0.929 bits per heavy atom. The number of rotatable bonds is 6. The van der Waals surface area contributed by atoms with Crippen molar-refractivity contribution >= 4 is 29.3 Å². The smallest absolute Gasteiger partial charge is 0.253 e. The molecule has 2 N–H and O–H groups in total. The minimum Gasteiger partial charge on any atom is -0.350 e. The molecule has 146 valence electrons. The van der Waals surface area contributed by atoms with Crippen molar-refractivity contribution in [3.8, 4) is 0 Å². The third kappa shape index (κ3) is 5.33. The van der Waals surface area contributed by atoms with Crippen molar-refractivity contribution in [1.82, 2.24) is 15.5 Å². The summed E-state index contributed by atoms with van der Waals surface area (Å²) >= 11 is 5.86. The number of nitrogens with zero attached hydrogens (tertiary/aromatic N) is 1. The summed E-state index contributed by atoms with van der Waals surface area (Å²) in [6.45, 7) is 1.74. The Morgan fingerprint density at radius 3 is 2.39 bits per heavy atom. The van der Waals surface area contributed by atoms with Crippen molar-refractivity contribution < 1.29 is 14.4 Å². The Balaban J connectivity index is 1.48. The van der Waals surface area contributed by atoms with E-state index in [1.165, 1.54) is 6.07 Å². The molecule has 1 heterocycles. The fraction of sp³-hybridized carbons (Fsp3) is 0.286. The fourth-order valence-electron chi connectivity index (χ4n) is 3.07. The number of hydrogen-bond donors (Lipinski definition) is 2. The van der Waals surface area contributed by atoms with Crippen LogP contribution in [0.25, 0.3) is 0 Å². The van der Waals surface area contributed by atoms with Crippen molar-refractivity contribution in [2.75, 3.05) is 19.6 Å². The zero-order chi connectivity index (χ0) is 19.9. The fourth-order valence-corrected chi connectivity index (χ4v) is 3.26. The molecule has 0 aliphatic carbocycles. The summed E-state index contributed by atoms with van der Waals surface area (Å²) < 4.78 is 0. The van der Waals surface area contributed by atoms with Gasteiger partial charge < -0.3 is 15.5 Å². The first-order valence-electron chi connectivity index (χ1n) is 9.21. The maximum atomic E-state index is 12.5. The van der Waals surface area contributed by atoms with E-state index < -0.39 is 0 Å². The van der Waals surface area contributed by atoms with Crippen molar-refractivity contribution in [3.05, 3.63) is 70.2 Å². The van der Waals surface area contributed by atoms with Gasteiger partial charge in [0.2, 0.25) is 5.91 Å². The van der Waals surface area contributed by atoms with Crippen LogP contribution in [0.15, 0.2) is 48.5 Å². The summed E-state index contributed by atoms with van der Waals surface area (Å²) in [7, 11) is 0. The van der Waals surface area contributed by atoms with Crippen LogP contribution in [0.5, 0.6) is 0 Å². The topological polar surface area (TPSA) is 78.5 Å². The Bertz CT molecular complexity index is 879. The highest BCUT2D eigenvalue weighted by Crippen LogP contribution is 2.14. The third-order valence-corrected chi connectivity index (χ3v) is 4.79. The number of nitrogens with one attached hydrogen (secondary N) is 2. The largest absolute Gasteiger partial charge is 0.350 e. The van der Waals surface area contributed by atoms with Crippen LogP contribution in [-0.2, 0) is 11.3 Å². The molecule has 0 spiro atoms. The molecule has 0 aromatic heterocycles. The summed E-state index contributed by atoms with van der Waals surface area (Å²) in [5, 5.41) is 5.77. The van der Waals surface area contributed by atoms with Gasteiger partial charge in [0.1, 0.15) is 0 Å². The van der Waals surface area contributed by atoms with Gasteiger partial charge in [-0.15, -0.1) is 0 Å². The van der Waals surface area contributed by atoms with E-state index in [0.717, 1.165) is 31.5 Å². The van der Waals surface area contributed by atoms with Crippen LogP contribution in [0.4, 0.5) is 0 Å². The van der Waals surface area contributed by atoms with Gasteiger partial charge in [-0.25, -0.2) is 0 Å². The lowest BCUT2D eigenvalue weighted by molar-refractivity contribution is -0.120. The molecule has 0 radical (unpaired) electrons. The molecule has 28 heavy (non-hydrogen) atoms. The Hall–Kier alpha value is -2.86. The number of halogens is 1. The summed E-state index contributed by atoms with van der Waals surface area (Å²) in [6, 6.07) is 13.8. The quantitative estimate of drug-likeness (QED) is 0.783. The van der Waals surface area contributed by atoms with Gasteiger partial charge in [-0.05, 0) is 48.7 Å². The molecule has 0 atom stereocenters. The third-order valence-electron chi connectivity index (χ3n) is 4.55. The highest BCUT2D eigenvalue weighted by molar-refractivity contribution is 6.31. The maximum Gasteiger partial charge on any atom is 0.253 e. The Morgan fingerprint density at radius 2 is 1.64 bits per heavy atom. The van der Waals surface area contributed by atoms with E-state index in [4.69, 9.17) is 11.6 Å². The van der Waals surface area contributed by atoms with Crippen molar-refractivity contribution in [2.24, 2.45) is 0 Å². The summed E-state index contributed by atoms with van der Waals surface area (Å²) in [5.41, 5.74) is 1.86. The highest BCUT2D eigenvalue weighted by atomic mass is 35.5. The van der Waals surface area contributed by atoms with E-state index in [2.05, 4.69) is 10.6 Å². The van der Waals surface area contributed by atoms with Crippen molar-refractivity contribution in [3.63, 3.8) is 0 Å². The molecule has 7 heteroatoms. The first-order valence-corrected chi connectivity index (χ1v) is 9.59. The molecule has 1 fully saturated rings. The van der Waals surface area contributed by atoms with Gasteiger partial charge >= 0.3 is 0 Å². The van der Waals surface area contributed by atoms with E-state index in [9.17, 15) is 14.4 Å². The first kappa shape index (κ1) is 19.9. The molecular formula is C21H22ClN3O3. The number of likely N-dealkylation sites (tertiary alicyclic amines) is 1. The second-order valence-corrected chi connectivity index (χ2v) is 7.11. The van der Waals surface area contributed by atoms with E-state index >= 15 is 0 Å². The molecule has 0 unspecified atom stereocenters. The average Bonchev–Trinajstić information content (AvgIpc) is 3.25. The first-order chi connectivity index (χ1) is 13.5. The van der Waals surface area contributed by atoms with Gasteiger partial charge in [0.25, 0.3) is 11.8 Å². The summed E-state index contributed by atoms with van der Waals surface area (Å²) in [5.74, 6) is -0.651. The summed E-state index contributed by atoms with van der Waals surface area (Å²) in [6.07, 6.45) is 2.09. The molecule has 6 nitrogen and oxygen atoms in total. The molecule has 1 aliphatic heterocycles. The predicted octanol–water partition coefficient (Wildman–Crippen LogP) is 2.62. The molecule has 2 aromatic carbocycles. The van der Waals surface area contributed by atoms with Crippen LogP contribution in [-0.4, -0.2) is 42.3 Å². The number of carbonyl (C=O) groups is 3. The molecule has 3 amide bonds. The van der Waals surface area contributed by atoms with Crippen LogP contribution in [0.3, 0.4) is 0 Å². The van der Waals surface area contributed by atoms with Crippen molar-refractivity contribution in [2.45, 2.75) is 19.4 Å². The minimum absolute atomic E-state index is 0.0273. The number of benzene rings is 2. The number of hydrogen-bond acceptors (Lipinski definition) is 3. The predicted molar refractivity (Wildman–Crippen MR) is 107 cm³/mol. The molecule has 1 saturated heterocycles. The Kier molecular flexibility index (Phi) is 6.66. The van der Waals surface area contributed by atoms with Gasteiger partial charge in [0, 0.05) is 35.8 Å². The second-order valence-electron chi connectivity index (χ2n) is 6.67. The van der Waals surface area contributed by atoms with Crippen LogP contribution in [0, 0.1) is 0 Å². The summed E-state index contributed by atoms with van der Waals surface area (Å²) in [4.78, 5) is 38.4. The van der Waals surface area contributed by atoms with Crippen LogP contribution in [0.2, 0.25) is 5.02 Å². The van der Waals surface area contributed by atoms with Gasteiger partial charge in [-0.3, -0.25) is 14.4 Å². The van der Waals surface area contributed by atoms with E-state index in [-0.39, 0.29) is 30.8 Å². The van der Waals surface area contributed by atoms with Crippen molar-refractivity contribution in [1.29, 1.82) is 0 Å². The highest BCUT2D eigenvalue weighted by Gasteiger charge is 2.19. The minimum atomic E-state index is -0.365. The SMILES string of the molecule is O=C(CNC(=O)c1cccc(Cl)c1)NCc1cccc(C(=O)N2CCCC2)c1. The monoisotopic (exact) mass is 399 g/mol. The number of carbonyl (C=O) groups excluding carboxylic acids is 3. The van der Waals surface area contributed by atoms with Crippen LogP contribution in [0.1, 0.15) is 39.1 Å². The molecule has 1 aliphatic rings. The zero-order valence-corrected chi connectivity index (χ0v) is 16.2. The molecule has 3 rings (SSSR count). The van der Waals surface area contributed by atoms with Gasteiger partial charge in [-0.1, -0.05) is 29.8 Å². The normalized spacial score (nSPS) is 13.2. The average molecular weight is 400 g/mol. The lowest BCUT2D eigenvalue weighted by Gasteiger charge is -2.15. The molecule has 0 bridgehead atoms. The van der Waals surface area contributed by atoms with Crippen LogP contribution < -0.4 is 10.6 Å². The molecule has 0 saturated carbocycles. The molecular weight excluding hydrogens is 378 g/mol. The maximum absolute atomic E-state index is 12.5. The molecule has 2 aromatic rings. The lowest BCUT2D eigenvalue weighted by atomic mass is 10.1. The van der Waals surface area contributed by atoms with E-state index in [1.807, 2.05) is 17.0 Å². The Labute approximate surface area is 168 Å². The zero-order valence-electron chi connectivity index (χ0n) is 15.4. The second kappa shape index (κ2) is 9.37. The van der Waals surface area contributed by atoms with Gasteiger partial charge in [0.05, 0.1) is 6.54 Å².